The highest BCUT2D eigenvalue weighted by Crippen LogP contribution is 2.21. The first-order valence-corrected chi connectivity index (χ1v) is 9.94. The Morgan fingerprint density at radius 2 is 2.32 bits per heavy atom. The Balaban J connectivity index is 1.72. The second-order valence-electron chi connectivity index (χ2n) is 5.99. The van der Waals surface area contributed by atoms with Crippen molar-refractivity contribution in [3.8, 4) is 5.82 Å². The molecule has 1 aliphatic rings. The van der Waals surface area contributed by atoms with Gasteiger partial charge < -0.3 is 10.2 Å². The summed E-state index contributed by atoms with van der Waals surface area (Å²) in [7, 11) is 0. The van der Waals surface area contributed by atoms with Gasteiger partial charge in [0.15, 0.2) is 11.8 Å². The maximum Gasteiger partial charge on any atom is 0.194 e. The predicted molar refractivity (Wildman–Crippen MR) is 104 cm³/mol. The summed E-state index contributed by atoms with van der Waals surface area (Å²) in [6.07, 6.45) is 6.68. The topological polar surface area (TPSA) is 58.3 Å². The number of aliphatic imine (C=N–C) groups is 1. The van der Waals surface area contributed by atoms with Gasteiger partial charge in [-0.05, 0) is 37.1 Å². The van der Waals surface area contributed by atoms with Gasteiger partial charge in [0, 0.05) is 49.2 Å². The van der Waals surface area contributed by atoms with Crippen LogP contribution in [0.5, 0.6) is 0 Å². The summed E-state index contributed by atoms with van der Waals surface area (Å²) in [5.74, 6) is 3.00. The molecule has 3 heterocycles. The van der Waals surface area contributed by atoms with Crippen LogP contribution in [0.1, 0.15) is 25.8 Å². The van der Waals surface area contributed by atoms with Crippen LogP contribution in [0.3, 0.4) is 0 Å². The number of hydrogen-bond acceptors (Lipinski definition) is 4. The molecule has 2 aromatic rings. The number of thioether (sulfide) groups is 1. The minimum absolute atomic E-state index is 0.638. The van der Waals surface area contributed by atoms with Crippen molar-refractivity contribution in [2.24, 2.45) is 4.99 Å². The van der Waals surface area contributed by atoms with Crippen molar-refractivity contribution < 1.29 is 0 Å². The first-order chi connectivity index (χ1) is 12.3. The molecule has 1 atom stereocenters. The highest BCUT2D eigenvalue weighted by molar-refractivity contribution is 8.00. The maximum atomic E-state index is 4.86. The number of nitrogens with zero attached hydrogens (tertiary/aromatic N) is 5. The summed E-state index contributed by atoms with van der Waals surface area (Å²) in [5.41, 5.74) is 1.13. The fourth-order valence-corrected chi connectivity index (χ4v) is 4.02. The minimum atomic E-state index is 0.638. The number of guanidine groups is 1. The summed E-state index contributed by atoms with van der Waals surface area (Å²) in [6.45, 7) is 8.03. The zero-order valence-corrected chi connectivity index (χ0v) is 15.7. The molecule has 3 rings (SSSR count). The molecule has 1 unspecified atom stereocenters. The van der Waals surface area contributed by atoms with E-state index in [2.05, 4.69) is 45.9 Å². The number of nitrogens with one attached hydrogen (secondary N) is 1. The van der Waals surface area contributed by atoms with Crippen molar-refractivity contribution in [2.75, 3.05) is 25.4 Å². The van der Waals surface area contributed by atoms with Gasteiger partial charge in [0.05, 0.1) is 6.54 Å². The van der Waals surface area contributed by atoms with Gasteiger partial charge in [-0.15, -0.1) is 0 Å². The normalized spacial score (nSPS) is 18.4. The quantitative estimate of drug-likeness (QED) is 0.657. The summed E-state index contributed by atoms with van der Waals surface area (Å²) in [4.78, 5) is 11.6. The van der Waals surface area contributed by atoms with Crippen LogP contribution in [0.15, 0.2) is 41.8 Å². The Morgan fingerprint density at radius 1 is 1.40 bits per heavy atom. The first kappa shape index (κ1) is 17.8. The maximum absolute atomic E-state index is 4.86. The third-order valence-corrected chi connectivity index (χ3v) is 5.56. The zero-order valence-electron chi connectivity index (χ0n) is 14.9. The molecule has 0 spiro atoms. The molecular formula is C18H26N6S. The smallest absolute Gasteiger partial charge is 0.194 e. The van der Waals surface area contributed by atoms with E-state index in [1.54, 1.807) is 10.9 Å². The second kappa shape index (κ2) is 8.89. The van der Waals surface area contributed by atoms with Crippen molar-refractivity contribution in [3.63, 3.8) is 0 Å². The van der Waals surface area contributed by atoms with E-state index >= 15 is 0 Å². The molecule has 1 saturated heterocycles. The van der Waals surface area contributed by atoms with Crippen LogP contribution < -0.4 is 5.32 Å². The molecule has 0 saturated carbocycles. The van der Waals surface area contributed by atoms with E-state index in [4.69, 9.17) is 4.99 Å². The molecule has 7 heteroatoms. The van der Waals surface area contributed by atoms with Crippen molar-refractivity contribution in [3.05, 3.63) is 42.4 Å². The Hall–Kier alpha value is -2.02. The monoisotopic (exact) mass is 358 g/mol. The molecule has 6 nitrogen and oxygen atoms in total. The lowest BCUT2D eigenvalue weighted by atomic mass is 10.2. The van der Waals surface area contributed by atoms with Gasteiger partial charge in [-0.25, -0.2) is 14.7 Å². The third-order valence-electron chi connectivity index (χ3n) is 4.19. The van der Waals surface area contributed by atoms with Crippen LogP contribution in [-0.2, 0) is 6.54 Å². The average Bonchev–Trinajstić information content (AvgIpc) is 3.20. The van der Waals surface area contributed by atoms with Gasteiger partial charge in [-0.2, -0.15) is 16.9 Å². The largest absolute Gasteiger partial charge is 0.357 e. The van der Waals surface area contributed by atoms with E-state index in [0.29, 0.717) is 11.8 Å². The van der Waals surface area contributed by atoms with Gasteiger partial charge in [0.2, 0.25) is 0 Å². The van der Waals surface area contributed by atoms with Crippen LogP contribution >= 0.6 is 11.8 Å². The molecule has 0 aliphatic carbocycles. The SMILES string of the molecule is CCNC(=NCc1ccnc(-n2cccn2)c1)N1CCSC(CC)C1. The van der Waals surface area contributed by atoms with Crippen LogP contribution in [-0.4, -0.2) is 56.3 Å². The standard InChI is InChI=1S/C18H26N6S/c1-3-16-14-23(10-11-25-16)18(19-4-2)21-13-15-6-8-20-17(12-15)24-9-5-7-22-24/h5-9,12,16H,3-4,10-11,13-14H2,1-2H3,(H,19,21). The Morgan fingerprint density at radius 3 is 3.08 bits per heavy atom. The van der Waals surface area contributed by atoms with Gasteiger partial charge in [-0.1, -0.05) is 6.92 Å². The summed E-state index contributed by atoms with van der Waals surface area (Å²) < 4.78 is 1.77. The molecule has 1 aliphatic heterocycles. The fraction of sp³-hybridized carbons (Fsp3) is 0.500. The molecule has 0 radical (unpaired) electrons. The number of hydrogen-bond donors (Lipinski definition) is 1. The van der Waals surface area contributed by atoms with Crippen LogP contribution in [0, 0.1) is 0 Å². The Bertz CT molecular complexity index is 685. The van der Waals surface area contributed by atoms with Crippen molar-refractivity contribution in [1.82, 2.24) is 25.0 Å². The van der Waals surface area contributed by atoms with Crippen molar-refractivity contribution in [2.45, 2.75) is 32.1 Å². The molecule has 25 heavy (non-hydrogen) atoms. The van der Waals surface area contributed by atoms with Gasteiger partial charge in [0.25, 0.3) is 0 Å². The summed E-state index contributed by atoms with van der Waals surface area (Å²) in [5, 5.41) is 8.38. The molecule has 0 aromatic carbocycles. The Kier molecular flexibility index (Phi) is 6.33. The van der Waals surface area contributed by atoms with E-state index in [1.165, 1.54) is 12.2 Å². The van der Waals surface area contributed by atoms with E-state index in [-0.39, 0.29) is 0 Å². The summed E-state index contributed by atoms with van der Waals surface area (Å²) in [6, 6.07) is 5.95. The van der Waals surface area contributed by atoms with Gasteiger partial charge >= 0.3 is 0 Å². The Labute approximate surface area is 153 Å². The molecule has 0 bridgehead atoms. The number of aromatic nitrogens is 3. The van der Waals surface area contributed by atoms with Crippen molar-refractivity contribution in [1.29, 1.82) is 0 Å². The lowest BCUT2D eigenvalue weighted by Gasteiger charge is -2.34. The zero-order chi connectivity index (χ0) is 17.5. The molecule has 134 valence electrons. The van der Waals surface area contributed by atoms with E-state index < -0.39 is 0 Å². The molecule has 0 amide bonds. The molecule has 1 N–H and O–H groups in total. The lowest BCUT2D eigenvalue weighted by Crippen LogP contribution is -2.48. The van der Waals surface area contributed by atoms with Crippen LogP contribution in [0.25, 0.3) is 5.82 Å². The molecule has 2 aromatic heterocycles. The van der Waals surface area contributed by atoms with E-state index in [1.807, 2.05) is 30.6 Å². The van der Waals surface area contributed by atoms with Crippen molar-refractivity contribution >= 4 is 17.7 Å². The second-order valence-corrected chi connectivity index (χ2v) is 7.40. The van der Waals surface area contributed by atoms with Gasteiger partial charge in [0.1, 0.15) is 0 Å². The molecular weight excluding hydrogens is 332 g/mol. The fourth-order valence-electron chi connectivity index (χ4n) is 2.84. The van der Waals surface area contributed by atoms with Gasteiger partial charge in [-0.3, -0.25) is 0 Å². The number of pyridine rings is 1. The predicted octanol–water partition coefficient (Wildman–Crippen LogP) is 2.56. The van der Waals surface area contributed by atoms with E-state index in [9.17, 15) is 0 Å². The number of rotatable bonds is 5. The first-order valence-electron chi connectivity index (χ1n) is 8.90. The van der Waals surface area contributed by atoms with Crippen LogP contribution in [0.2, 0.25) is 0 Å². The third kappa shape index (κ3) is 4.75. The minimum Gasteiger partial charge on any atom is -0.357 e. The average molecular weight is 359 g/mol. The highest BCUT2D eigenvalue weighted by atomic mass is 32.2. The van der Waals surface area contributed by atoms with Crippen LogP contribution in [0.4, 0.5) is 0 Å². The van der Waals surface area contributed by atoms with E-state index in [0.717, 1.165) is 37.0 Å². The lowest BCUT2D eigenvalue weighted by molar-refractivity contribution is 0.408. The summed E-state index contributed by atoms with van der Waals surface area (Å²) >= 11 is 2.07. The molecule has 1 fully saturated rings. The highest BCUT2D eigenvalue weighted by Gasteiger charge is 2.21.